The van der Waals surface area contributed by atoms with Gasteiger partial charge in [0.2, 0.25) is 0 Å². The lowest BCUT2D eigenvalue weighted by atomic mass is 9.95. The predicted octanol–water partition coefficient (Wildman–Crippen LogP) is 5.81. The summed E-state index contributed by atoms with van der Waals surface area (Å²) in [5, 5.41) is 7.17. The van der Waals surface area contributed by atoms with E-state index in [1.54, 1.807) is 18.2 Å². The molecule has 6 heteroatoms. The Kier molecular flexibility index (Phi) is 6.12. The standard InChI is InChI=1S/C25H19Cl2NO3/c1-31-25(30)22(14-19-20(26)11-6-12-21(19)27)28-24(29)23-17-9-4-2-7-15(17)13-16-8-3-5-10-18(16)23/h2-13,22H,14H2,1H3,(H,28,29)/t22-/m1/s1. The van der Waals surface area contributed by atoms with Crippen LogP contribution in [0.1, 0.15) is 15.9 Å². The zero-order valence-corrected chi connectivity index (χ0v) is 18.2. The highest BCUT2D eigenvalue weighted by molar-refractivity contribution is 6.36. The fourth-order valence-corrected chi connectivity index (χ4v) is 4.31. The summed E-state index contributed by atoms with van der Waals surface area (Å²) in [6, 6.07) is 21.5. The van der Waals surface area contributed by atoms with Crippen molar-refractivity contribution >= 4 is 56.6 Å². The van der Waals surface area contributed by atoms with E-state index in [0.717, 1.165) is 21.5 Å². The number of hydrogen-bond acceptors (Lipinski definition) is 3. The Morgan fingerprint density at radius 3 is 1.97 bits per heavy atom. The molecule has 4 rings (SSSR count). The second-order valence-electron chi connectivity index (χ2n) is 7.15. The maximum atomic E-state index is 13.5. The Hall–Kier alpha value is -3.08. The fourth-order valence-electron chi connectivity index (χ4n) is 3.76. The molecule has 0 saturated heterocycles. The van der Waals surface area contributed by atoms with Crippen LogP contribution in [0, 0.1) is 0 Å². The van der Waals surface area contributed by atoms with Gasteiger partial charge in [0, 0.05) is 16.5 Å². The van der Waals surface area contributed by atoms with Crippen LogP contribution in [-0.4, -0.2) is 25.0 Å². The highest BCUT2D eigenvalue weighted by Crippen LogP contribution is 2.29. The molecule has 4 aromatic rings. The molecule has 1 amide bonds. The van der Waals surface area contributed by atoms with Crippen LogP contribution in [0.15, 0.2) is 72.8 Å². The molecule has 0 aliphatic carbocycles. The molecule has 0 spiro atoms. The van der Waals surface area contributed by atoms with E-state index in [9.17, 15) is 9.59 Å². The molecule has 156 valence electrons. The number of methoxy groups -OCH3 is 1. The summed E-state index contributed by atoms with van der Waals surface area (Å²) in [5.41, 5.74) is 1.08. The van der Waals surface area contributed by atoms with Gasteiger partial charge in [0.15, 0.2) is 0 Å². The summed E-state index contributed by atoms with van der Waals surface area (Å²) in [4.78, 5) is 26.0. The molecule has 0 aliphatic heterocycles. The normalized spacial score (nSPS) is 12.0. The van der Waals surface area contributed by atoms with Crippen molar-refractivity contribution in [3.63, 3.8) is 0 Å². The molecule has 0 radical (unpaired) electrons. The van der Waals surface area contributed by atoms with Crippen molar-refractivity contribution in [2.45, 2.75) is 12.5 Å². The van der Waals surface area contributed by atoms with E-state index in [1.165, 1.54) is 7.11 Å². The van der Waals surface area contributed by atoms with Crippen molar-refractivity contribution in [3.8, 4) is 0 Å². The highest BCUT2D eigenvalue weighted by atomic mass is 35.5. The number of nitrogens with one attached hydrogen (secondary N) is 1. The first-order chi connectivity index (χ1) is 15.0. The number of halogens is 2. The smallest absolute Gasteiger partial charge is 0.328 e. The third kappa shape index (κ3) is 4.22. The number of fused-ring (bicyclic) bond motifs is 2. The van der Waals surface area contributed by atoms with Crippen LogP contribution < -0.4 is 5.32 Å². The summed E-state index contributed by atoms with van der Waals surface area (Å²) >= 11 is 12.6. The Morgan fingerprint density at radius 2 is 1.42 bits per heavy atom. The van der Waals surface area contributed by atoms with E-state index < -0.39 is 12.0 Å². The molecule has 0 fully saturated rings. The summed E-state index contributed by atoms with van der Waals surface area (Å²) in [6.45, 7) is 0. The zero-order valence-electron chi connectivity index (χ0n) is 16.7. The van der Waals surface area contributed by atoms with Crippen molar-refractivity contribution in [2.75, 3.05) is 7.11 Å². The van der Waals surface area contributed by atoms with Crippen molar-refractivity contribution in [2.24, 2.45) is 0 Å². The van der Waals surface area contributed by atoms with E-state index in [2.05, 4.69) is 5.32 Å². The topological polar surface area (TPSA) is 55.4 Å². The minimum atomic E-state index is -0.951. The number of benzene rings is 4. The summed E-state index contributed by atoms with van der Waals surface area (Å²) in [6.07, 6.45) is 0.111. The number of amides is 1. The molecule has 4 nitrogen and oxygen atoms in total. The van der Waals surface area contributed by atoms with E-state index >= 15 is 0 Å². The predicted molar refractivity (Wildman–Crippen MR) is 125 cm³/mol. The van der Waals surface area contributed by atoms with Gasteiger partial charge in [-0.1, -0.05) is 77.8 Å². The molecular formula is C25H19Cl2NO3. The van der Waals surface area contributed by atoms with Crippen molar-refractivity contribution in [1.82, 2.24) is 5.32 Å². The average Bonchev–Trinajstić information content (AvgIpc) is 2.78. The monoisotopic (exact) mass is 451 g/mol. The van der Waals surface area contributed by atoms with E-state index in [4.69, 9.17) is 27.9 Å². The van der Waals surface area contributed by atoms with E-state index in [0.29, 0.717) is 21.2 Å². The Balaban J connectivity index is 1.77. The van der Waals surface area contributed by atoms with Crippen LogP contribution in [0.2, 0.25) is 10.0 Å². The minimum absolute atomic E-state index is 0.111. The van der Waals surface area contributed by atoms with Crippen molar-refractivity contribution in [3.05, 3.63) is 94.0 Å². The maximum absolute atomic E-state index is 13.5. The Labute approximate surface area is 189 Å². The summed E-state index contributed by atoms with van der Waals surface area (Å²) < 4.78 is 4.94. The first kappa shape index (κ1) is 21.2. The molecule has 1 atom stereocenters. The molecule has 4 aromatic carbocycles. The largest absolute Gasteiger partial charge is 0.467 e. The molecule has 1 N–H and O–H groups in total. The molecule has 0 bridgehead atoms. The third-order valence-corrected chi connectivity index (χ3v) is 5.97. The van der Waals surface area contributed by atoms with E-state index in [1.807, 2.05) is 54.6 Å². The minimum Gasteiger partial charge on any atom is -0.467 e. The maximum Gasteiger partial charge on any atom is 0.328 e. The SMILES string of the molecule is COC(=O)[C@@H](Cc1c(Cl)cccc1Cl)NC(=O)c1c2ccccc2cc2ccccc12. The van der Waals surface area contributed by atoms with Crippen LogP contribution in [0.5, 0.6) is 0 Å². The number of carbonyl (C=O) groups is 2. The lowest BCUT2D eigenvalue weighted by Gasteiger charge is -2.19. The van der Waals surface area contributed by atoms with Gasteiger partial charge in [-0.15, -0.1) is 0 Å². The van der Waals surface area contributed by atoms with Crippen LogP contribution >= 0.6 is 23.2 Å². The fraction of sp³-hybridized carbons (Fsp3) is 0.120. The van der Waals surface area contributed by atoms with Crippen LogP contribution in [0.4, 0.5) is 0 Å². The quantitative estimate of drug-likeness (QED) is 0.307. The molecule has 0 aromatic heterocycles. The highest BCUT2D eigenvalue weighted by Gasteiger charge is 2.26. The van der Waals surface area contributed by atoms with Crippen LogP contribution in [0.3, 0.4) is 0 Å². The number of carbonyl (C=O) groups excluding carboxylic acids is 2. The van der Waals surface area contributed by atoms with Gasteiger partial charge in [-0.05, 0) is 45.3 Å². The lowest BCUT2D eigenvalue weighted by Crippen LogP contribution is -2.43. The van der Waals surface area contributed by atoms with Crippen molar-refractivity contribution in [1.29, 1.82) is 0 Å². The Bertz CT molecular complexity index is 1230. The number of hydrogen-bond donors (Lipinski definition) is 1. The second-order valence-corrected chi connectivity index (χ2v) is 7.96. The lowest BCUT2D eigenvalue weighted by molar-refractivity contribution is -0.142. The number of esters is 1. The van der Waals surface area contributed by atoms with Gasteiger partial charge < -0.3 is 10.1 Å². The van der Waals surface area contributed by atoms with Gasteiger partial charge in [-0.2, -0.15) is 0 Å². The van der Waals surface area contributed by atoms with Gasteiger partial charge in [-0.25, -0.2) is 4.79 Å². The van der Waals surface area contributed by atoms with Gasteiger partial charge in [0.25, 0.3) is 5.91 Å². The molecule has 0 heterocycles. The Morgan fingerprint density at radius 1 is 0.871 bits per heavy atom. The average molecular weight is 452 g/mol. The molecular weight excluding hydrogens is 433 g/mol. The molecule has 0 aliphatic rings. The molecule has 31 heavy (non-hydrogen) atoms. The van der Waals surface area contributed by atoms with E-state index in [-0.39, 0.29) is 12.3 Å². The number of rotatable bonds is 5. The molecule has 0 unspecified atom stereocenters. The van der Waals surface area contributed by atoms with Gasteiger partial charge in [0.1, 0.15) is 6.04 Å². The van der Waals surface area contributed by atoms with Crippen LogP contribution in [0.25, 0.3) is 21.5 Å². The summed E-state index contributed by atoms with van der Waals surface area (Å²) in [5.74, 6) is -0.944. The molecule has 0 saturated carbocycles. The first-order valence-electron chi connectivity index (χ1n) is 9.71. The van der Waals surface area contributed by atoms with Gasteiger partial charge in [0.05, 0.1) is 12.7 Å². The number of ether oxygens (including phenoxy) is 1. The van der Waals surface area contributed by atoms with Crippen molar-refractivity contribution < 1.29 is 14.3 Å². The van der Waals surface area contributed by atoms with Crippen LogP contribution in [-0.2, 0) is 16.0 Å². The first-order valence-corrected chi connectivity index (χ1v) is 10.5. The van der Waals surface area contributed by atoms with Gasteiger partial charge in [-0.3, -0.25) is 4.79 Å². The summed E-state index contributed by atoms with van der Waals surface area (Å²) in [7, 11) is 1.28. The zero-order chi connectivity index (χ0) is 22.0. The second kappa shape index (κ2) is 8.96. The van der Waals surface area contributed by atoms with Gasteiger partial charge >= 0.3 is 5.97 Å². The third-order valence-electron chi connectivity index (χ3n) is 5.26.